The normalized spacial score (nSPS) is 15.0. The Morgan fingerprint density at radius 3 is 2.52 bits per heavy atom. The summed E-state index contributed by atoms with van der Waals surface area (Å²) in [5, 5.41) is 3.01. The van der Waals surface area contributed by atoms with Crippen LogP contribution in [0.2, 0.25) is 0 Å². The molecule has 0 radical (unpaired) electrons. The number of carbonyl (C=O) groups is 2. The van der Waals surface area contributed by atoms with Crippen molar-refractivity contribution in [2.45, 2.75) is 26.8 Å². The first-order valence-corrected chi connectivity index (χ1v) is 9.42. The molecule has 1 saturated heterocycles. The maximum Gasteiger partial charge on any atom is 0.242 e. The summed E-state index contributed by atoms with van der Waals surface area (Å²) in [6, 6.07) is 7.88. The smallest absolute Gasteiger partial charge is 0.242 e. The van der Waals surface area contributed by atoms with Gasteiger partial charge in [0.25, 0.3) is 0 Å². The van der Waals surface area contributed by atoms with Crippen molar-refractivity contribution in [3.63, 3.8) is 0 Å². The molecule has 2 aromatic rings. The average molecular weight is 369 g/mol. The molecule has 2 amide bonds. The summed E-state index contributed by atoms with van der Waals surface area (Å²) in [6.07, 6.45) is 4.41. The number of carbonyl (C=O) groups excluding carboxylic acids is 2. The molecule has 7 heteroatoms. The molecule has 0 saturated carbocycles. The highest BCUT2D eigenvalue weighted by molar-refractivity contribution is 5.93. The van der Waals surface area contributed by atoms with Crippen LogP contribution in [-0.2, 0) is 22.6 Å². The van der Waals surface area contributed by atoms with Gasteiger partial charge in [0.1, 0.15) is 12.4 Å². The van der Waals surface area contributed by atoms with Crippen LogP contribution in [0.25, 0.3) is 0 Å². The van der Waals surface area contributed by atoms with E-state index in [9.17, 15) is 9.59 Å². The minimum absolute atomic E-state index is 0.00952. The van der Waals surface area contributed by atoms with Gasteiger partial charge in [-0.1, -0.05) is 25.1 Å². The third-order valence-electron chi connectivity index (χ3n) is 4.99. The maximum atomic E-state index is 12.4. The first kappa shape index (κ1) is 19.1. The molecule has 0 atom stereocenters. The second kappa shape index (κ2) is 8.81. The molecule has 0 bridgehead atoms. The molecule has 1 aromatic heterocycles. The highest BCUT2D eigenvalue weighted by Crippen LogP contribution is 2.15. The van der Waals surface area contributed by atoms with Gasteiger partial charge in [0.05, 0.1) is 6.54 Å². The molecule has 2 heterocycles. The third kappa shape index (κ3) is 4.95. The van der Waals surface area contributed by atoms with Gasteiger partial charge in [0.2, 0.25) is 11.8 Å². The van der Waals surface area contributed by atoms with Crippen LogP contribution in [-0.4, -0.2) is 63.9 Å². The first-order valence-electron chi connectivity index (χ1n) is 9.42. The van der Waals surface area contributed by atoms with Gasteiger partial charge < -0.3 is 14.8 Å². The number of hydrogen-bond donors (Lipinski definition) is 1. The molecule has 27 heavy (non-hydrogen) atoms. The number of nitrogens with zero attached hydrogens (tertiary/aromatic N) is 4. The van der Waals surface area contributed by atoms with Gasteiger partial charge in [-0.05, 0) is 25.0 Å². The zero-order chi connectivity index (χ0) is 19.2. The van der Waals surface area contributed by atoms with E-state index < -0.39 is 0 Å². The van der Waals surface area contributed by atoms with E-state index in [-0.39, 0.29) is 11.8 Å². The van der Waals surface area contributed by atoms with Crippen LogP contribution < -0.4 is 5.32 Å². The molecule has 0 spiro atoms. The van der Waals surface area contributed by atoms with Crippen LogP contribution in [0.1, 0.15) is 18.3 Å². The van der Waals surface area contributed by atoms with Gasteiger partial charge in [-0.15, -0.1) is 0 Å². The number of anilines is 1. The summed E-state index contributed by atoms with van der Waals surface area (Å²) in [7, 11) is 0. The molecule has 7 nitrogen and oxygen atoms in total. The summed E-state index contributed by atoms with van der Waals surface area (Å²) in [6.45, 7) is 7.33. The van der Waals surface area contributed by atoms with Crippen molar-refractivity contribution >= 4 is 17.5 Å². The van der Waals surface area contributed by atoms with Gasteiger partial charge in [-0.3, -0.25) is 14.5 Å². The van der Waals surface area contributed by atoms with E-state index in [1.165, 1.54) is 0 Å². The number of benzene rings is 1. The third-order valence-corrected chi connectivity index (χ3v) is 4.99. The number of hydrogen-bond acceptors (Lipinski definition) is 4. The van der Waals surface area contributed by atoms with E-state index in [2.05, 4.69) is 22.1 Å². The van der Waals surface area contributed by atoms with Crippen molar-refractivity contribution in [1.82, 2.24) is 19.4 Å². The van der Waals surface area contributed by atoms with Crippen LogP contribution in [0.3, 0.4) is 0 Å². The quantitative estimate of drug-likeness (QED) is 0.838. The lowest BCUT2D eigenvalue weighted by atomic mass is 10.1. The zero-order valence-electron chi connectivity index (χ0n) is 16.0. The van der Waals surface area contributed by atoms with Crippen molar-refractivity contribution < 1.29 is 9.59 Å². The minimum atomic E-state index is -0.00952. The van der Waals surface area contributed by atoms with Crippen LogP contribution >= 0.6 is 0 Å². The second-order valence-corrected chi connectivity index (χ2v) is 6.82. The fourth-order valence-corrected chi connectivity index (χ4v) is 3.32. The van der Waals surface area contributed by atoms with Crippen LogP contribution in [0.4, 0.5) is 5.69 Å². The number of para-hydroxylation sites is 1. The van der Waals surface area contributed by atoms with Crippen molar-refractivity contribution in [2.24, 2.45) is 0 Å². The number of imidazole rings is 1. The number of aromatic nitrogens is 2. The number of aryl methyl sites for hydroxylation is 2. The summed E-state index contributed by atoms with van der Waals surface area (Å²) in [4.78, 5) is 32.9. The molecule has 3 rings (SSSR count). The zero-order valence-corrected chi connectivity index (χ0v) is 16.0. The Morgan fingerprint density at radius 2 is 1.85 bits per heavy atom. The fourth-order valence-electron chi connectivity index (χ4n) is 3.32. The lowest BCUT2D eigenvalue weighted by molar-refractivity contribution is -0.133. The molecule has 144 valence electrons. The molecular formula is C20H27N5O2. The van der Waals surface area contributed by atoms with Gasteiger partial charge in [0.15, 0.2) is 0 Å². The summed E-state index contributed by atoms with van der Waals surface area (Å²) in [5.74, 6) is 0.924. The molecular weight excluding hydrogens is 342 g/mol. The Labute approximate surface area is 160 Å². The number of rotatable bonds is 6. The van der Waals surface area contributed by atoms with Crippen LogP contribution in [0.15, 0.2) is 36.7 Å². The van der Waals surface area contributed by atoms with Crippen molar-refractivity contribution in [2.75, 3.05) is 38.0 Å². The van der Waals surface area contributed by atoms with E-state index in [0.29, 0.717) is 39.3 Å². The number of piperazine rings is 1. The Hall–Kier alpha value is -2.67. The van der Waals surface area contributed by atoms with Crippen LogP contribution in [0, 0.1) is 6.92 Å². The van der Waals surface area contributed by atoms with Crippen molar-refractivity contribution in [1.29, 1.82) is 0 Å². The summed E-state index contributed by atoms with van der Waals surface area (Å²) in [5.41, 5.74) is 2.02. The van der Waals surface area contributed by atoms with Gasteiger partial charge in [0, 0.05) is 44.3 Å². The Bertz CT molecular complexity index is 793. The second-order valence-electron chi connectivity index (χ2n) is 6.82. The molecule has 1 fully saturated rings. The standard InChI is InChI=1S/C20H27N5O2/c1-3-17-6-4-5-7-18(17)22-19(26)14-23-10-12-24(13-11-23)20(27)15-25-9-8-21-16(25)2/h4-9H,3,10-15H2,1-2H3,(H,22,26). The van der Waals surface area contributed by atoms with Crippen LogP contribution in [0.5, 0.6) is 0 Å². The Kier molecular flexibility index (Phi) is 6.24. The summed E-state index contributed by atoms with van der Waals surface area (Å²) < 4.78 is 1.85. The van der Waals surface area contributed by atoms with E-state index in [0.717, 1.165) is 23.5 Å². The van der Waals surface area contributed by atoms with Gasteiger partial charge in [-0.2, -0.15) is 0 Å². The molecule has 0 aliphatic carbocycles. The minimum Gasteiger partial charge on any atom is -0.339 e. The molecule has 1 N–H and O–H groups in total. The first-order chi connectivity index (χ1) is 13.1. The van der Waals surface area contributed by atoms with E-state index in [4.69, 9.17) is 0 Å². The van der Waals surface area contributed by atoms with E-state index >= 15 is 0 Å². The average Bonchev–Trinajstić information content (AvgIpc) is 3.07. The van der Waals surface area contributed by atoms with Crippen molar-refractivity contribution in [3.05, 3.63) is 48.0 Å². The van der Waals surface area contributed by atoms with Gasteiger partial charge >= 0.3 is 0 Å². The lowest BCUT2D eigenvalue weighted by Crippen LogP contribution is -2.51. The van der Waals surface area contributed by atoms with Crippen molar-refractivity contribution in [3.8, 4) is 0 Å². The Balaban J connectivity index is 1.45. The van der Waals surface area contributed by atoms with E-state index in [1.54, 1.807) is 6.20 Å². The Morgan fingerprint density at radius 1 is 1.11 bits per heavy atom. The molecule has 1 aliphatic rings. The largest absolute Gasteiger partial charge is 0.339 e. The van der Waals surface area contributed by atoms with Gasteiger partial charge in [-0.25, -0.2) is 4.98 Å². The van der Waals surface area contributed by atoms with E-state index in [1.807, 2.05) is 46.9 Å². The topological polar surface area (TPSA) is 70.5 Å². The fraction of sp³-hybridized carbons (Fsp3) is 0.450. The highest BCUT2D eigenvalue weighted by atomic mass is 16.2. The SMILES string of the molecule is CCc1ccccc1NC(=O)CN1CCN(C(=O)Cn2ccnc2C)CC1. The summed E-state index contributed by atoms with van der Waals surface area (Å²) >= 11 is 0. The predicted octanol–water partition coefficient (Wildman–Crippen LogP) is 1.54. The number of nitrogens with one attached hydrogen (secondary N) is 1. The monoisotopic (exact) mass is 369 g/mol. The predicted molar refractivity (Wildman–Crippen MR) is 104 cm³/mol. The number of amides is 2. The molecule has 0 unspecified atom stereocenters. The highest BCUT2D eigenvalue weighted by Gasteiger charge is 2.23. The maximum absolute atomic E-state index is 12.4. The lowest BCUT2D eigenvalue weighted by Gasteiger charge is -2.34. The molecule has 1 aromatic carbocycles. The molecule has 1 aliphatic heterocycles.